The van der Waals surface area contributed by atoms with Crippen molar-refractivity contribution in [3.8, 4) is 0 Å². The molecule has 4 atom stereocenters. The second-order valence-corrected chi connectivity index (χ2v) is 16.8. The molecule has 4 rings (SSSR count). The summed E-state index contributed by atoms with van der Waals surface area (Å²) in [6.45, 7) is 7.51. The minimum Gasteiger partial charge on any atom is -0.405 e. The molecule has 2 fully saturated rings. The zero-order valence-corrected chi connectivity index (χ0v) is 23.1. The molecule has 0 saturated carbocycles. The minimum atomic E-state index is -3.60. The van der Waals surface area contributed by atoms with Crippen molar-refractivity contribution in [2.24, 2.45) is 0 Å². The van der Waals surface area contributed by atoms with E-state index in [0.29, 0.717) is 13.0 Å². The third-order valence-corrected chi connectivity index (χ3v) is 13.3. The molecule has 2 aromatic carbocycles. The first kappa shape index (κ1) is 26.8. The first-order chi connectivity index (χ1) is 16.7. The van der Waals surface area contributed by atoms with Gasteiger partial charge in [-0.05, 0) is 28.3 Å². The van der Waals surface area contributed by atoms with E-state index in [9.17, 15) is 8.42 Å². The minimum absolute atomic E-state index is 0.0657. The molecule has 0 amide bonds. The van der Waals surface area contributed by atoms with Gasteiger partial charge in [-0.25, -0.2) is 0 Å². The molecule has 0 aliphatic carbocycles. The number of hydrogen-bond acceptors (Lipinski definition) is 6. The summed E-state index contributed by atoms with van der Waals surface area (Å²) in [7, 11) is -6.17. The molecule has 2 aliphatic rings. The molecule has 0 N–H and O–H groups in total. The molecule has 2 saturated heterocycles. The zero-order chi connectivity index (χ0) is 25.1. The van der Waals surface area contributed by atoms with Crippen LogP contribution >= 0.6 is 11.6 Å². The van der Waals surface area contributed by atoms with Gasteiger partial charge in [0, 0.05) is 6.42 Å². The lowest BCUT2D eigenvalue weighted by Crippen LogP contribution is -2.66. The first-order valence-electron chi connectivity index (χ1n) is 12.2. The number of halogens is 1. The lowest BCUT2D eigenvalue weighted by atomic mass is 10.1. The smallest absolute Gasteiger partial charge is 0.281 e. The maximum Gasteiger partial charge on any atom is 0.281 e. The van der Waals surface area contributed by atoms with Crippen molar-refractivity contribution in [3.05, 3.63) is 60.7 Å². The fourth-order valence-electron chi connectivity index (χ4n) is 4.87. The van der Waals surface area contributed by atoms with Crippen molar-refractivity contribution in [2.75, 3.05) is 18.4 Å². The number of hydrogen-bond donors (Lipinski definition) is 0. The van der Waals surface area contributed by atoms with Gasteiger partial charge in [-0.2, -0.15) is 8.42 Å². The van der Waals surface area contributed by atoms with Crippen LogP contribution in [0.25, 0.3) is 0 Å². The van der Waals surface area contributed by atoms with Gasteiger partial charge in [0.1, 0.15) is 11.3 Å². The van der Waals surface area contributed by atoms with Crippen molar-refractivity contribution in [1.82, 2.24) is 0 Å². The van der Waals surface area contributed by atoms with Crippen LogP contribution in [0.1, 0.15) is 40.0 Å². The van der Waals surface area contributed by atoms with Gasteiger partial charge in [-0.15, -0.1) is 11.6 Å². The van der Waals surface area contributed by atoms with Crippen LogP contribution in [0.5, 0.6) is 0 Å². The molecule has 2 heterocycles. The quantitative estimate of drug-likeness (QED) is 0.127. The van der Waals surface area contributed by atoms with Gasteiger partial charge < -0.3 is 13.9 Å². The zero-order valence-electron chi connectivity index (χ0n) is 20.6. The number of rotatable bonds is 13. The summed E-state index contributed by atoms with van der Waals surface area (Å²) in [5, 5.41) is 1.94. The normalized spacial score (nSPS) is 24.3. The Morgan fingerprint density at radius 3 is 1.97 bits per heavy atom. The molecule has 0 unspecified atom stereocenters. The van der Waals surface area contributed by atoms with Gasteiger partial charge in [0.2, 0.25) is 0 Å². The van der Waals surface area contributed by atoms with E-state index in [1.807, 2.05) is 12.1 Å². The van der Waals surface area contributed by atoms with Gasteiger partial charge >= 0.3 is 0 Å². The molecule has 6 nitrogen and oxygen atoms in total. The number of alkyl halides is 1. The Kier molecular flexibility index (Phi) is 8.42. The van der Waals surface area contributed by atoms with E-state index in [1.165, 1.54) is 10.4 Å². The predicted octanol–water partition coefficient (Wildman–Crippen LogP) is 3.81. The molecule has 192 valence electrons. The summed E-state index contributed by atoms with van der Waals surface area (Å²) in [5.74, 6) is 0. The summed E-state index contributed by atoms with van der Waals surface area (Å²) in [5.41, 5.74) is 0. The van der Waals surface area contributed by atoms with Gasteiger partial charge in [0.05, 0.1) is 31.5 Å². The SMILES string of the molecule is CC(C)(C)[Si](OC[C@H]1O[C@H]1C[C@@H]1O[C@@H]1CCCOS(=O)(=O)CCl)(c1ccccc1)c1ccccc1. The average Bonchev–Trinajstić information content (AvgIpc) is 3.76. The first-order valence-corrected chi connectivity index (χ1v) is 16.2. The Labute approximate surface area is 215 Å². The number of ether oxygens (including phenoxy) is 2. The monoisotopic (exact) mass is 538 g/mol. The highest BCUT2D eigenvalue weighted by Gasteiger charge is 2.53. The van der Waals surface area contributed by atoms with E-state index in [1.54, 1.807) is 0 Å². The second-order valence-electron chi connectivity index (χ2n) is 10.3. The third kappa shape index (κ3) is 6.55. The highest BCUT2D eigenvalue weighted by molar-refractivity contribution is 7.87. The molecule has 9 heteroatoms. The molecule has 0 aromatic heterocycles. The van der Waals surface area contributed by atoms with Crippen LogP contribution in [-0.4, -0.2) is 59.6 Å². The second kappa shape index (κ2) is 11.0. The standard InChI is InChI=1S/C26H35ClO6SSi/c1-26(2,3)35(20-11-6-4-7-12-20,21-13-8-5-9-14-21)31-18-25-24(33-25)17-23-22(32-23)15-10-16-30-34(28,29)19-27/h4-9,11-14,22-25H,10,15-19H2,1-3H3/t22-,23+,24+,25-/m1/s1. The highest BCUT2D eigenvalue weighted by Crippen LogP contribution is 2.40. The Morgan fingerprint density at radius 1 is 0.886 bits per heavy atom. The van der Waals surface area contributed by atoms with Gasteiger partial charge in [0.15, 0.2) is 0 Å². The molecular formula is C26H35ClO6SSi. The molecule has 0 bridgehead atoms. The van der Waals surface area contributed by atoms with Crippen molar-refractivity contribution in [2.45, 2.75) is 69.5 Å². The Hall–Kier alpha value is -1.26. The van der Waals surface area contributed by atoms with E-state index in [4.69, 9.17) is 29.7 Å². The fourth-order valence-corrected chi connectivity index (χ4v) is 10.1. The Bertz CT molecular complexity index is 1020. The van der Waals surface area contributed by atoms with E-state index < -0.39 is 23.6 Å². The van der Waals surface area contributed by atoms with Crippen LogP contribution in [0.4, 0.5) is 0 Å². The highest BCUT2D eigenvalue weighted by atomic mass is 35.5. The Balaban J connectivity index is 1.32. The molecule has 0 radical (unpaired) electrons. The van der Waals surface area contributed by atoms with Crippen LogP contribution in [0.3, 0.4) is 0 Å². The molecule has 2 aliphatic heterocycles. The lowest BCUT2D eigenvalue weighted by molar-refractivity contribution is 0.246. The Morgan fingerprint density at radius 2 is 1.43 bits per heavy atom. The van der Waals surface area contributed by atoms with Crippen molar-refractivity contribution >= 4 is 40.4 Å². The van der Waals surface area contributed by atoms with Gasteiger partial charge in [-0.1, -0.05) is 81.4 Å². The number of epoxide rings is 2. The van der Waals surface area contributed by atoms with Crippen LogP contribution < -0.4 is 10.4 Å². The largest absolute Gasteiger partial charge is 0.405 e. The topological polar surface area (TPSA) is 77.7 Å². The summed E-state index contributed by atoms with van der Waals surface area (Å²) < 4.78 is 46.1. The van der Waals surface area contributed by atoms with Crippen LogP contribution in [0.2, 0.25) is 5.04 Å². The van der Waals surface area contributed by atoms with Crippen molar-refractivity contribution in [3.63, 3.8) is 0 Å². The summed E-state index contributed by atoms with van der Waals surface area (Å²) >= 11 is 5.34. The summed E-state index contributed by atoms with van der Waals surface area (Å²) in [6, 6.07) is 21.2. The molecule has 2 aromatic rings. The molecular weight excluding hydrogens is 504 g/mol. The van der Waals surface area contributed by atoms with Crippen molar-refractivity contribution in [1.29, 1.82) is 0 Å². The molecule has 0 spiro atoms. The van der Waals surface area contributed by atoms with E-state index in [-0.39, 0.29) is 36.1 Å². The fraction of sp³-hybridized carbons (Fsp3) is 0.538. The van der Waals surface area contributed by atoms with Gasteiger partial charge in [0.25, 0.3) is 18.4 Å². The summed E-state index contributed by atoms with van der Waals surface area (Å²) in [4.78, 5) is 0. The van der Waals surface area contributed by atoms with Crippen LogP contribution in [0.15, 0.2) is 60.7 Å². The van der Waals surface area contributed by atoms with E-state index in [0.717, 1.165) is 12.8 Å². The van der Waals surface area contributed by atoms with Crippen LogP contribution in [-0.2, 0) is 28.2 Å². The van der Waals surface area contributed by atoms with Crippen molar-refractivity contribution < 1.29 is 26.5 Å². The van der Waals surface area contributed by atoms with E-state index in [2.05, 4.69) is 69.3 Å². The maximum absolute atomic E-state index is 11.3. The third-order valence-electron chi connectivity index (χ3n) is 6.75. The lowest BCUT2D eigenvalue weighted by Gasteiger charge is -2.43. The van der Waals surface area contributed by atoms with Gasteiger partial charge in [-0.3, -0.25) is 4.18 Å². The maximum atomic E-state index is 11.3. The number of benzene rings is 2. The molecule has 35 heavy (non-hydrogen) atoms. The summed E-state index contributed by atoms with van der Waals surface area (Å²) in [6.07, 6.45) is 2.71. The predicted molar refractivity (Wildman–Crippen MR) is 140 cm³/mol. The average molecular weight is 539 g/mol. The van der Waals surface area contributed by atoms with E-state index >= 15 is 0 Å². The van der Waals surface area contributed by atoms with Crippen LogP contribution in [0, 0.1) is 0 Å².